The number of nitrogens with zero attached hydrogens (tertiary/aromatic N) is 3. The van der Waals surface area contributed by atoms with Crippen LogP contribution in [0, 0.1) is 11.3 Å². The molecule has 0 bridgehead atoms. The van der Waals surface area contributed by atoms with Crippen LogP contribution in [-0.4, -0.2) is 91.2 Å². The predicted octanol–water partition coefficient (Wildman–Crippen LogP) is 4.89. The number of carboxylic acids is 1. The first-order chi connectivity index (χ1) is 18.1. The number of likely N-dealkylation sites (tertiary alicyclic amines) is 1. The van der Waals surface area contributed by atoms with Crippen molar-refractivity contribution >= 4 is 11.9 Å². The number of carboxylic acid groups (broad SMARTS) is 1. The molecular formula is C31H51N3O4. The lowest BCUT2D eigenvalue weighted by Crippen LogP contribution is -2.46. The third-order valence-corrected chi connectivity index (χ3v) is 8.37. The number of carbonyl (C=O) groups excluding carboxylic acids is 1. The van der Waals surface area contributed by atoms with E-state index in [1.807, 2.05) is 17.0 Å². The molecule has 1 aromatic rings. The van der Waals surface area contributed by atoms with Crippen molar-refractivity contribution in [3.63, 3.8) is 0 Å². The van der Waals surface area contributed by atoms with Crippen molar-refractivity contribution in [3.05, 3.63) is 29.3 Å². The number of amides is 1. The van der Waals surface area contributed by atoms with Crippen molar-refractivity contribution in [2.45, 2.75) is 84.6 Å². The Kier molecular flexibility index (Phi) is 11.0. The number of aliphatic carboxylic acids is 1. The van der Waals surface area contributed by atoms with Gasteiger partial charge in [-0.3, -0.25) is 14.5 Å². The largest absolute Gasteiger partial charge is 0.493 e. The minimum Gasteiger partial charge on any atom is -0.493 e. The zero-order valence-electron chi connectivity index (χ0n) is 24.7. The maximum atomic E-state index is 13.7. The van der Waals surface area contributed by atoms with E-state index in [-0.39, 0.29) is 29.8 Å². The van der Waals surface area contributed by atoms with Gasteiger partial charge in [0.25, 0.3) is 0 Å². The van der Waals surface area contributed by atoms with E-state index in [1.54, 1.807) is 0 Å². The quantitative estimate of drug-likeness (QED) is 0.349. The van der Waals surface area contributed by atoms with Gasteiger partial charge in [-0.2, -0.15) is 0 Å². The number of fused-ring (bicyclic) bond motifs is 1. The van der Waals surface area contributed by atoms with Gasteiger partial charge >= 0.3 is 5.97 Å². The Hall–Kier alpha value is -2.12. The predicted molar refractivity (Wildman–Crippen MR) is 153 cm³/mol. The lowest BCUT2D eigenvalue weighted by atomic mass is 9.76. The lowest BCUT2D eigenvalue weighted by Gasteiger charge is -2.35. The highest BCUT2D eigenvalue weighted by Gasteiger charge is 2.48. The molecule has 38 heavy (non-hydrogen) atoms. The van der Waals surface area contributed by atoms with Gasteiger partial charge < -0.3 is 19.6 Å². The Morgan fingerprint density at radius 2 is 1.84 bits per heavy atom. The van der Waals surface area contributed by atoms with Crippen LogP contribution < -0.4 is 4.74 Å². The van der Waals surface area contributed by atoms with Crippen LogP contribution in [0.2, 0.25) is 0 Å². The molecule has 1 fully saturated rings. The highest BCUT2D eigenvalue weighted by Crippen LogP contribution is 2.44. The second kappa shape index (κ2) is 13.8. The molecule has 0 saturated carbocycles. The minimum atomic E-state index is -0.757. The van der Waals surface area contributed by atoms with E-state index in [4.69, 9.17) is 4.74 Å². The SMILES string of the molecule is CCCCN(CCCN(C)C)C(=O)CN1C[C@H](c2ccc3c(c2)CCO3)C(C(=O)O)[C@@H]1CC(C)(C)CCC. The summed E-state index contributed by atoms with van der Waals surface area (Å²) in [6, 6.07) is 6.01. The fourth-order valence-corrected chi connectivity index (χ4v) is 6.43. The summed E-state index contributed by atoms with van der Waals surface area (Å²) in [7, 11) is 4.12. The molecule has 214 valence electrons. The highest BCUT2D eigenvalue weighted by atomic mass is 16.5. The normalized spacial score (nSPS) is 21.5. The molecule has 1 aromatic carbocycles. The van der Waals surface area contributed by atoms with Crippen LogP contribution in [0.5, 0.6) is 5.75 Å². The molecule has 0 aromatic heterocycles. The van der Waals surface area contributed by atoms with Gasteiger partial charge in [0.05, 0.1) is 19.1 Å². The minimum absolute atomic E-state index is 0.00267. The molecule has 3 rings (SSSR count). The number of unbranched alkanes of at least 4 members (excludes halogenated alkanes) is 1. The van der Waals surface area contributed by atoms with Crippen LogP contribution in [0.4, 0.5) is 0 Å². The second-order valence-corrected chi connectivity index (χ2v) is 12.4. The van der Waals surface area contributed by atoms with Crippen molar-refractivity contribution in [1.82, 2.24) is 14.7 Å². The van der Waals surface area contributed by atoms with E-state index in [0.29, 0.717) is 13.2 Å². The molecule has 0 spiro atoms. The molecular weight excluding hydrogens is 478 g/mol. The maximum absolute atomic E-state index is 13.7. The molecule has 7 heteroatoms. The molecule has 1 saturated heterocycles. The Labute approximate surface area is 230 Å². The van der Waals surface area contributed by atoms with E-state index >= 15 is 0 Å². The smallest absolute Gasteiger partial charge is 0.308 e. The van der Waals surface area contributed by atoms with Gasteiger partial charge in [0.15, 0.2) is 0 Å². The van der Waals surface area contributed by atoms with E-state index in [0.717, 1.165) is 81.5 Å². The van der Waals surface area contributed by atoms with Crippen molar-refractivity contribution in [2.24, 2.45) is 11.3 Å². The van der Waals surface area contributed by atoms with Crippen LogP contribution in [0.15, 0.2) is 18.2 Å². The van der Waals surface area contributed by atoms with Gasteiger partial charge in [-0.25, -0.2) is 0 Å². The number of ether oxygens (including phenoxy) is 1. The van der Waals surface area contributed by atoms with Crippen molar-refractivity contribution in [3.8, 4) is 5.75 Å². The summed E-state index contributed by atoms with van der Waals surface area (Å²) >= 11 is 0. The first kappa shape index (κ1) is 30.4. The molecule has 3 atom stereocenters. The molecule has 1 N–H and O–H groups in total. The summed E-state index contributed by atoms with van der Waals surface area (Å²) in [5, 5.41) is 10.5. The van der Waals surface area contributed by atoms with Crippen LogP contribution in [0.1, 0.15) is 83.3 Å². The van der Waals surface area contributed by atoms with Gasteiger partial charge in [0, 0.05) is 38.0 Å². The first-order valence-corrected chi connectivity index (χ1v) is 14.7. The second-order valence-electron chi connectivity index (χ2n) is 12.4. The molecule has 2 heterocycles. The molecule has 1 amide bonds. The number of carbonyl (C=O) groups is 2. The van der Waals surface area contributed by atoms with Crippen LogP contribution in [0.3, 0.4) is 0 Å². The number of rotatable bonds is 15. The summed E-state index contributed by atoms with van der Waals surface area (Å²) in [6.07, 6.45) is 6.69. The van der Waals surface area contributed by atoms with E-state index in [2.05, 4.69) is 57.7 Å². The van der Waals surface area contributed by atoms with Crippen LogP contribution in [0.25, 0.3) is 0 Å². The topological polar surface area (TPSA) is 73.3 Å². The Morgan fingerprint density at radius 3 is 2.50 bits per heavy atom. The van der Waals surface area contributed by atoms with Crippen LogP contribution >= 0.6 is 0 Å². The summed E-state index contributed by atoms with van der Waals surface area (Å²) in [5.41, 5.74) is 2.22. The van der Waals surface area contributed by atoms with Crippen LogP contribution in [-0.2, 0) is 16.0 Å². The maximum Gasteiger partial charge on any atom is 0.308 e. The standard InChI is InChI=1S/C31H51N3O4/c1-7-9-16-33(17-10-15-32(5)6)28(35)22-34-21-25(23-11-12-27-24(19-23)13-18-38-27)29(30(36)37)26(34)20-31(3,4)14-8-2/h11-12,19,25-26,29H,7-10,13-18,20-22H2,1-6H3,(H,36,37)/t25-,26+,29?/m1/s1. The molecule has 0 radical (unpaired) electrons. The number of hydrogen-bond acceptors (Lipinski definition) is 5. The van der Waals surface area contributed by atoms with Gasteiger partial charge in [-0.1, -0.05) is 52.7 Å². The Bertz CT molecular complexity index is 932. The van der Waals surface area contributed by atoms with E-state index < -0.39 is 11.9 Å². The van der Waals surface area contributed by atoms with Crippen molar-refractivity contribution < 1.29 is 19.4 Å². The molecule has 1 unspecified atom stereocenters. The summed E-state index contributed by atoms with van der Waals surface area (Å²) in [6.45, 7) is 12.8. The van der Waals surface area contributed by atoms with E-state index in [9.17, 15) is 14.7 Å². The first-order valence-electron chi connectivity index (χ1n) is 14.7. The average Bonchev–Trinajstić information content (AvgIpc) is 3.44. The lowest BCUT2D eigenvalue weighted by molar-refractivity contribution is -0.144. The molecule has 7 nitrogen and oxygen atoms in total. The zero-order valence-corrected chi connectivity index (χ0v) is 24.7. The average molecular weight is 530 g/mol. The van der Waals surface area contributed by atoms with Gasteiger partial charge in [-0.05, 0) is 68.9 Å². The number of hydrogen-bond donors (Lipinski definition) is 1. The third kappa shape index (κ3) is 7.95. The van der Waals surface area contributed by atoms with E-state index in [1.165, 1.54) is 0 Å². The van der Waals surface area contributed by atoms with Crippen molar-refractivity contribution in [1.29, 1.82) is 0 Å². The van der Waals surface area contributed by atoms with Gasteiger partial charge in [-0.15, -0.1) is 0 Å². The highest BCUT2D eigenvalue weighted by molar-refractivity contribution is 5.79. The summed E-state index contributed by atoms with van der Waals surface area (Å²) < 4.78 is 5.70. The fourth-order valence-electron chi connectivity index (χ4n) is 6.43. The molecule has 2 aliphatic rings. The monoisotopic (exact) mass is 529 g/mol. The fraction of sp³-hybridized carbons (Fsp3) is 0.742. The third-order valence-electron chi connectivity index (χ3n) is 8.37. The summed E-state index contributed by atoms with van der Waals surface area (Å²) in [4.78, 5) is 32.9. The Balaban J connectivity index is 1.87. The Morgan fingerprint density at radius 1 is 1.11 bits per heavy atom. The van der Waals surface area contributed by atoms with Crippen molar-refractivity contribution in [2.75, 3.05) is 53.4 Å². The summed E-state index contributed by atoms with van der Waals surface area (Å²) in [5.74, 6) is -0.408. The van der Waals surface area contributed by atoms with Gasteiger partial charge in [0.1, 0.15) is 5.75 Å². The molecule has 0 aliphatic carbocycles. The van der Waals surface area contributed by atoms with Gasteiger partial charge in [0.2, 0.25) is 5.91 Å². The molecule has 2 aliphatic heterocycles. The zero-order chi connectivity index (χ0) is 27.9. The number of benzene rings is 1.